The highest BCUT2D eigenvalue weighted by Gasteiger charge is 2.17. The molecule has 3 N–H and O–H groups in total. The van der Waals surface area contributed by atoms with Gasteiger partial charge in [0.25, 0.3) is 10.0 Å². The Labute approximate surface area is 125 Å². The van der Waals surface area contributed by atoms with Crippen molar-refractivity contribution in [2.45, 2.75) is 4.90 Å². The lowest BCUT2D eigenvalue weighted by Crippen LogP contribution is -2.13. The number of ether oxygens (including phenoxy) is 1. The van der Waals surface area contributed by atoms with Gasteiger partial charge < -0.3 is 10.5 Å². The van der Waals surface area contributed by atoms with Gasteiger partial charge in [-0.15, -0.1) is 0 Å². The molecule has 106 valence electrons. The van der Waals surface area contributed by atoms with Crippen molar-refractivity contribution in [2.24, 2.45) is 0 Å². The van der Waals surface area contributed by atoms with Gasteiger partial charge in [-0.3, -0.25) is 4.72 Å². The molecule has 2 rings (SSSR count). The molecule has 0 fully saturated rings. The minimum absolute atomic E-state index is 0.127. The van der Waals surface area contributed by atoms with Crippen molar-refractivity contribution in [2.75, 3.05) is 17.6 Å². The molecule has 0 unspecified atom stereocenters. The molecule has 0 aromatic heterocycles. The highest BCUT2D eigenvalue weighted by atomic mass is 79.9. The third kappa shape index (κ3) is 3.23. The number of halogens is 1. The van der Waals surface area contributed by atoms with Gasteiger partial charge in [0.1, 0.15) is 10.6 Å². The molecule has 20 heavy (non-hydrogen) atoms. The minimum atomic E-state index is -3.67. The lowest BCUT2D eigenvalue weighted by molar-refractivity contribution is 0.415. The van der Waals surface area contributed by atoms with E-state index in [0.717, 1.165) is 0 Å². The maximum Gasteiger partial charge on any atom is 0.263 e. The lowest BCUT2D eigenvalue weighted by Gasteiger charge is -2.10. The van der Waals surface area contributed by atoms with E-state index in [-0.39, 0.29) is 4.90 Å². The summed E-state index contributed by atoms with van der Waals surface area (Å²) in [6.45, 7) is 0. The van der Waals surface area contributed by atoms with E-state index >= 15 is 0 Å². The highest BCUT2D eigenvalue weighted by Crippen LogP contribution is 2.26. The quantitative estimate of drug-likeness (QED) is 0.825. The molecule has 5 nitrogen and oxygen atoms in total. The van der Waals surface area contributed by atoms with Crippen LogP contribution in [0.15, 0.2) is 51.8 Å². The highest BCUT2D eigenvalue weighted by molar-refractivity contribution is 9.10. The minimum Gasteiger partial charge on any atom is -0.497 e. The summed E-state index contributed by atoms with van der Waals surface area (Å²) < 4.78 is 32.5. The molecule has 0 heterocycles. The van der Waals surface area contributed by atoms with Crippen molar-refractivity contribution in [1.29, 1.82) is 0 Å². The zero-order chi connectivity index (χ0) is 14.8. The van der Waals surface area contributed by atoms with Gasteiger partial charge in [0.15, 0.2) is 0 Å². The second-order valence-electron chi connectivity index (χ2n) is 4.02. The van der Waals surface area contributed by atoms with Gasteiger partial charge in [-0.25, -0.2) is 8.42 Å². The van der Waals surface area contributed by atoms with Gasteiger partial charge in [0.2, 0.25) is 0 Å². The van der Waals surface area contributed by atoms with E-state index in [1.54, 1.807) is 37.4 Å². The van der Waals surface area contributed by atoms with Crippen LogP contribution in [0, 0.1) is 0 Å². The maximum atomic E-state index is 12.3. The standard InChI is InChI=1S/C13H13BrN2O3S/c1-19-11-5-3-10(4-6-11)16-20(17,18)13-7-2-9(15)8-12(13)14/h2-8,16H,15H2,1H3. The summed E-state index contributed by atoms with van der Waals surface area (Å²) >= 11 is 3.20. The molecule has 0 saturated carbocycles. The second-order valence-corrected chi connectivity index (χ2v) is 6.53. The lowest BCUT2D eigenvalue weighted by atomic mass is 10.3. The molecule has 2 aromatic carbocycles. The van der Waals surface area contributed by atoms with Crippen LogP contribution < -0.4 is 15.2 Å². The van der Waals surface area contributed by atoms with Crippen LogP contribution in [0.2, 0.25) is 0 Å². The number of methoxy groups -OCH3 is 1. The summed E-state index contributed by atoms with van der Waals surface area (Å²) in [6.07, 6.45) is 0. The Bertz CT molecular complexity index is 715. The van der Waals surface area contributed by atoms with Crippen molar-refractivity contribution in [1.82, 2.24) is 0 Å². The van der Waals surface area contributed by atoms with Crippen LogP contribution in [0.5, 0.6) is 5.75 Å². The fourth-order valence-electron chi connectivity index (χ4n) is 1.60. The van der Waals surface area contributed by atoms with Crippen molar-refractivity contribution >= 4 is 37.3 Å². The molecular formula is C13H13BrN2O3S. The normalized spacial score (nSPS) is 11.1. The van der Waals surface area contributed by atoms with E-state index in [2.05, 4.69) is 20.7 Å². The molecule has 0 spiro atoms. The summed E-state index contributed by atoms with van der Waals surface area (Å²) in [7, 11) is -2.13. The first-order valence-electron chi connectivity index (χ1n) is 5.64. The number of nitrogens with one attached hydrogen (secondary N) is 1. The third-order valence-electron chi connectivity index (χ3n) is 2.59. The van der Waals surface area contributed by atoms with Crippen LogP contribution >= 0.6 is 15.9 Å². The fraction of sp³-hybridized carbons (Fsp3) is 0.0769. The van der Waals surface area contributed by atoms with E-state index < -0.39 is 10.0 Å². The van der Waals surface area contributed by atoms with Crippen LogP contribution in [0.4, 0.5) is 11.4 Å². The number of hydrogen-bond acceptors (Lipinski definition) is 4. The predicted molar refractivity (Wildman–Crippen MR) is 82.4 cm³/mol. The molecule has 0 aliphatic rings. The summed E-state index contributed by atoms with van der Waals surface area (Å²) in [5.74, 6) is 0.654. The van der Waals surface area contributed by atoms with Crippen molar-refractivity contribution < 1.29 is 13.2 Å². The molecule has 0 saturated heterocycles. The van der Waals surface area contributed by atoms with E-state index in [1.807, 2.05) is 0 Å². The van der Waals surface area contributed by atoms with Gasteiger partial charge in [-0.1, -0.05) is 0 Å². The first-order valence-corrected chi connectivity index (χ1v) is 7.92. The zero-order valence-electron chi connectivity index (χ0n) is 10.6. The SMILES string of the molecule is COc1ccc(NS(=O)(=O)c2ccc(N)cc2Br)cc1. The second kappa shape index (κ2) is 5.72. The van der Waals surface area contributed by atoms with Gasteiger partial charge in [0.05, 0.1) is 7.11 Å². The number of rotatable bonds is 4. The molecule has 0 atom stereocenters. The Kier molecular flexibility index (Phi) is 4.20. The molecule has 0 aliphatic heterocycles. The number of nitrogen functional groups attached to an aromatic ring is 1. The van der Waals surface area contributed by atoms with Crippen LogP contribution in [0.1, 0.15) is 0 Å². The first kappa shape index (κ1) is 14.7. The van der Waals surface area contributed by atoms with Gasteiger partial charge in [0, 0.05) is 15.8 Å². The Balaban J connectivity index is 2.30. The summed E-state index contributed by atoms with van der Waals surface area (Å²) in [5, 5.41) is 0. The third-order valence-corrected chi connectivity index (χ3v) is 4.95. The Hall–Kier alpha value is -1.73. The van der Waals surface area contributed by atoms with Crippen molar-refractivity contribution in [3.05, 3.63) is 46.9 Å². The van der Waals surface area contributed by atoms with E-state index in [1.165, 1.54) is 12.1 Å². The van der Waals surface area contributed by atoms with E-state index in [9.17, 15) is 8.42 Å². The Morgan fingerprint density at radius 2 is 1.80 bits per heavy atom. The number of anilines is 2. The van der Waals surface area contributed by atoms with Crippen LogP contribution in [-0.2, 0) is 10.0 Å². The Morgan fingerprint density at radius 3 is 2.35 bits per heavy atom. The average Bonchev–Trinajstić information content (AvgIpc) is 2.38. The van der Waals surface area contributed by atoms with Gasteiger partial charge >= 0.3 is 0 Å². The molecule has 0 radical (unpaired) electrons. The van der Waals surface area contributed by atoms with E-state index in [0.29, 0.717) is 21.6 Å². The van der Waals surface area contributed by atoms with Crippen LogP contribution in [-0.4, -0.2) is 15.5 Å². The zero-order valence-corrected chi connectivity index (χ0v) is 13.0. The molecule has 2 aromatic rings. The summed E-state index contributed by atoms with van der Waals surface area (Å²) in [5.41, 5.74) is 6.54. The van der Waals surface area contributed by atoms with Gasteiger partial charge in [-0.05, 0) is 58.4 Å². The maximum absolute atomic E-state index is 12.3. The molecule has 0 amide bonds. The molecule has 0 bridgehead atoms. The number of hydrogen-bond donors (Lipinski definition) is 2. The largest absolute Gasteiger partial charge is 0.497 e. The van der Waals surface area contributed by atoms with Crippen LogP contribution in [0.25, 0.3) is 0 Å². The molecule has 0 aliphatic carbocycles. The average molecular weight is 357 g/mol. The summed E-state index contributed by atoms with van der Waals surface area (Å²) in [4.78, 5) is 0.127. The smallest absolute Gasteiger partial charge is 0.263 e. The summed E-state index contributed by atoms with van der Waals surface area (Å²) in [6, 6.07) is 11.1. The number of sulfonamides is 1. The number of benzene rings is 2. The predicted octanol–water partition coefficient (Wildman–Crippen LogP) is 2.84. The van der Waals surface area contributed by atoms with Crippen LogP contribution in [0.3, 0.4) is 0 Å². The van der Waals surface area contributed by atoms with Crippen molar-refractivity contribution in [3.63, 3.8) is 0 Å². The number of nitrogens with two attached hydrogens (primary N) is 1. The molecule has 7 heteroatoms. The van der Waals surface area contributed by atoms with Gasteiger partial charge in [-0.2, -0.15) is 0 Å². The van der Waals surface area contributed by atoms with E-state index in [4.69, 9.17) is 10.5 Å². The van der Waals surface area contributed by atoms with Crippen molar-refractivity contribution in [3.8, 4) is 5.75 Å². The monoisotopic (exact) mass is 356 g/mol. The topological polar surface area (TPSA) is 81.4 Å². The Morgan fingerprint density at radius 1 is 1.15 bits per heavy atom. The molecular weight excluding hydrogens is 344 g/mol. The fourth-order valence-corrected chi connectivity index (χ4v) is 3.76. The first-order chi connectivity index (χ1) is 9.42.